The quantitative estimate of drug-likeness (QED) is 0.388. The molecule has 6 nitrogen and oxygen atoms in total. The van der Waals surface area contributed by atoms with Crippen LogP contribution in [-0.2, 0) is 4.79 Å². The van der Waals surface area contributed by atoms with Crippen molar-refractivity contribution in [1.82, 2.24) is 5.32 Å². The normalized spacial score (nSPS) is 13.1. The summed E-state index contributed by atoms with van der Waals surface area (Å²) in [5.41, 5.74) is 7.22. The molecule has 0 aliphatic rings. The Morgan fingerprint density at radius 2 is 2.07 bits per heavy atom. The molecule has 0 aromatic heterocycles. The number of carboxylic acid groups (broad SMARTS) is 1. The molecule has 0 spiro atoms. The highest BCUT2D eigenvalue weighted by molar-refractivity contribution is 7.98. The van der Waals surface area contributed by atoms with Gasteiger partial charge in [-0.25, -0.2) is 4.79 Å². The standard InChI is InChI=1S/C19H25N3O3S2/c1-27-8-7-17(19(24)25)22-18(23)16-4-2-3-12-9-14(5-6-15(12)16)21-10-13(20)11-26/h2-6,9,13,17,21,26H,7-8,10-11,20H2,1H3,(H,22,23)(H,24,25)/t13-,17-/m0/s1. The van der Waals surface area contributed by atoms with Crippen molar-refractivity contribution in [1.29, 1.82) is 0 Å². The highest BCUT2D eigenvalue weighted by atomic mass is 32.2. The van der Waals surface area contributed by atoms with Crippen molar-refractivity contribution in [2.24, 2.45) is 5.73 Å². The lowest BCUT2D eigenvalue weighted by molar-refractivity contribution is -0.139. The molecular formula is C19H25N3O3S2. The van der Waals surface area contributed by atoms with Crippen LogP contribution in [0.3, 0.4) is 0 Å². The Hall–Kier alpha value is -1.90. The fourth-order valence-electron chi connectivity index (χ4n) is 2.63. The number of aliphatic carboxylic acids is 1. The predicted molar refractivity (Wildman–Crippen MR) is 116 cm³/mol. The number of nitrogens with one attached hydrogen (secondary N) is 2. The third kappa shape index (κ3) is 6.05. The number of carbonyl (C=O) groups is 2. The maximum atomic E-state index is 12.7. The fourth-order valence-corrected chi connectivity index (χ4v) is 3.23. The van der Waals surface area contributed by atoms with E-state index in [9.17, 15) is 14.7 Å². The molecule has 0 saturated heterocycles. The SMILES string of the molecule is CSCC[C@H](NC(=O)c1cccc2cc(NC[C@H](N)CS)ccc12)C(=O)O. The van der Waals surface area contributed by atoms with E-state index in [0.717, 1.165) is 16.5 Å². The summed E-state index contributed by atoms with van der Waals surface area (Å²) >= 11 is 5.71. The van der Waals surface area contributed by atoms with Gasteiger partial charge in [0.2, 0.25) is 0 Å². The van der Waals surface area contributed by atoms with Gasteiger partial charge in [0, 0.05) is 29.6 Å². The van der Waals surface area contributed by atoms with Crippen LogP contribution in [0, 0.1) is 0 Å². The van der Waals surface area contributed by atoms with E-state index in [-0.39, 0.29) is 11.9 Å². The maximum absolute atomic E-state index is 12.7. The summed E-state index contributed by atoms with van der Waals surface area (Å²) < 4.78 is 0. The van der Waals surface area contributed by atoms with Crippen LogP contribution in [0.15, 0.2) is 36.4 Å². The lowest BCUT2D eigenvalue weighted by Gasteiger charge is -2.16. The molecule has 0 aliphatic heterocycles. The summed E-state index contributed by atoms with van der Waals surface area (Å²) in [4.78, 5) is 24.0. The number of carbonyl (C=O) groups excluding carboxylic acids is 1. The van der Waals surface area contributed by atoms with Crippen molar-refractivity contribution in [2.45, 2.75) is 18.5 Å². The first-order chi connectivity index (χ1) is 13.0. The molecule has 2 atom stereocenters. The number of amides is 1. The van der Waals surface area contributed by atoms with Crippen LogP contribution in [0.1, 0.15) is 16.8 Å². The van der Waals surface area contributed by atoms with Gasteiger partial charge in [-0.3, -0.25) is 4.79 Å². The van der Waals surface area contributed by atoms with Gasteiger partial charge in [0.05, 0.1) is 0 Å². The first-order valence-electron chi connectivity index (χ1n) is 8.62. The van der Waals surface area contributed by atoms with Crippen LogP contribution in [0.5, 0.6) is 0 Å². The summed E-state index contributed by atoms with van der Waals surface area (Å²) in [6.45, 7) is 0.602. The molecule has 146 valence electrons. The van der Waals surface area contributed by atoms with E-state index in [4.69, 9.17) is 5.73 Å². The highest BCUT2D eigenvalue weighted by Crippen LogP contribution is 2.23. The van der Waals surface area contributed by atoms with Gasteiger partial charge in [-0.15, -0.1) is 0 Å². The summed E-state index contributed by atoms with van der Waals surface area (Å²) in [7, 11) is 0. The third-order valence-corrected chi connectivity index (χ3v) is 5.25. The number of thiol groups is 1. The van der Waals surface area contributed by atoms with Gasteiger partial charge in [0.1, 0.15) is 6.04 Å². The molecule has 8 heteroatoms. The Labute approximate surface area is 168 Å². The van der Waals surface area contributed by atoms with E-state index in [0.29, 0.717) is 30.0 Å². The second-order valence-electron chi connectivity index (χ2n) is 6.21. The second kappa shape index (κ2) is 10.4. The Morgan fingerprint density at radius 3 is 2.74 bits per heavy atom. The molecule has 0 unspecified atom stereocenters. The minimum atomic E-state index is -1.02. The minimum absolute atomic E-state index is 0.0459. The number of hydrogen-bond donors (Lipinski definition) is 5. The van der Waals surface area contributed by atoms with E-state index in [2.05, 4.69) is 23.3 Å². The van der Waals surface area contributed by atoms with Gasteiger partial charge < -0.3 is 21.5 Å². The second-order valence-corrected chi connectivity index (χ2v) is 7.56. The molecular weight excluding hydrogens is 382 g/mol. The molecule has 0 bridgehead atoms. The predicted octanol–water partition coefficient (Wildman–Crippen LogP) is 2.44. The number of carboxylic acids is 1. The molecule has 0 saturated carbocycles. The van der Waals surface area contributed by atoms with Crippen molar-refractivity contribution in [3.8, 4) is 0 Å². The van der Waals surface area contributed by atoms with Gasteiger partial charge in [-0.05, 0) is 47.4 Å². The fraction of sp³-hybridized carbons (Fsp3) is 0.368. The van der Waals surface area contributed by atoms with Crippen LogP contribution in [0.4, 0.5) is 5.69 Å². The zero-order valence-corrected chi connectivity index (χ0v) is 16.9. The average molecular weight is 408 g/mol. The monoisotopic (exact) mass is 407 g/mol. The van der Waals surface area contributed by atoms with Gasteiger partial charge in [-0.2, -0.15) is 24.4 Å². The molecule has 2 aromatic rings. The summed E-state index contributed by atoms with van der Waals surface area (Å²) in [5, 5.41) is 16.9. The van der Waals surface area contributed by atoms with Gasteiger partial charge in [0.25, 0.3) is 5.91 Å². The smallest absolute Gasteiger partial charge is 0.326 e. The first-order valence-corrected chi connectivity index (χ1v) is 10.6. The summed E-state index contributed by atoms with van der Waals surface area (Å²) in [6, 6.07) is 10.1. The van der Waals surface area contributed by atoms with Crippen molar-refractivity contribution in [3.05, 3.63) is 42.0 Å². The number of anilines is 1. The largest absolute Gasteiger partial charge is 0.480 e. The molecule has 5 N–H and O–H groups in total. The van der Waals surface area contributed by atoms with Crippen LogP contribution < -0.4 is 16.4 Å². The van der Waals surface area contributed by atoms with Gasteiger partial charge >= 0.3 is 5.97 Å². The van der Waals surface area contributed by atoms with E-state index in [1.54, 1.807) is 23.9 Å². The highest BCUT2D eigenvalue weighted by Gasteiger charge is 2.21. The van der Waals surface area contributed by atoms with Crippen LogP contribution in [0.2, 0.25) is 0 Å². The van der Waals surface area contributed by atoms with E-state index < -0.39 is 12.0 Å². The molecule has 0 aliphatic carbocycles. The molecule has 0 fully saturated rings. The zero-order valence-electron chi connectivity index (χ0n) is 15.1. The molecule has 0 heterocycles. The Bertz CT molecular complexity index is 801. The first kappa shape index (κ1) is 21.4. The Morgan fingerprint density at radius 1 is 1.30 bits per heavy atom. The van der Waals surface area contributed by atoms with E-state index in [1.807, 2.05) is 30.5 Å². The van der Waals surface area contributed by atoms with Gasteiger partial charge in [0.15, 0.2) is 0 Å². The number of rotatable bonds is 10. The topological polar surface area (TPSA) is 104 Å². The van der Waals surface area contributed by atoms with Crippen molar-refractivity contribution >= 4 is 52.7 Å². The molecule has 1 amide bonds. The van der Waals surface area contributed by atoms with Crippen molar-refractivity contribution < 1.29 is 14.7 Å². The van der Waals surface area contributed by atoms with E-state index in [1.165, 1.54) is 0 Å². The number of thioether (sulfide) groups is 1. The lowest BCUT2D eigenvalue weighted by atomic mass is 10.0. The number of nitrogens with two attached hydrogens (primary N) is 1. The number of hydrogen-bond acceptors (Lipinski definition) is 6. The molecule has 0 radical (unpaired) electrons. The summed E-state index contributed by atoms with van der Waals surface area (Å²) in [5.74, 6) is -0.154. The zero-order chi connectivity index (χ0) is 19.8. The maximum Gasteiger partial charge on any atom is 0.326 e. The van der Waals surface area contributed by atoms with Crippen LogP contribution in [-0.4, -0.2) is 53.4 Å². The van der Waals surface area contributed by atoms with Gasteiger partial charge in [-0.1, -0.05) is 18.2 Å². The van der Waals surface area contributed by atoms with Crippen LogP contribution >= 0.6 is 24.4 Å². The Kier molecular flexibility index (Phi) is 8.27. The Balaban J connectivity index is 2.20. The number of benzene rings is 2. The average Bonchev–Trinajstić information content (AvgIpc) is 2.68. The minimum Gasteiger partial charge on any atom is -0.480 e. The van der Waals surface area contributed by atoms with Crippen molar-refractivity contribution in [3.63, 3.8) is 0 Å². The third-order valence-electron chi connectivity index (χ3n) is 4.14. The van der Waals surface area contributed by atoms with E-state index >= 15 is 0 Å². The molecule has 2 rings (SSSR count). The van der Waals surface area contributed by atoms with Crippen molar-refractivity contribution in [2.75, 3.05) is 29.6 Å². The summed E-state index contributed by atoms with van der Waals surface area (Å²) in [6.07, 6.45) is 2.28. The molecule has 27 heavy (non-hydrogen) atoms. The van der Waals surface area contributed by atoms with Crippen LogP contribution in [0.25, 0.3) is 10.8 Å². The number of fused-ring (bicyclic) bond motifs is 1. The lowest BCUT2D eigenvalue weighted by Crippen LogP contribution is -2.41. The molecule has 2 aromatic carbocycles.